The second-order valence-electron chi connectivity index (χ2n) is 5.56. The third kappa shape index (κ3) is 5.57. The van der Waals surface area contributed by atoms with Gasteiger partial charge in [-0.25, -0.2) is 0 Å². The highest BCUT2D eigenvalue weighted by molar-refractivity contribution is 7.99. The van der Waals surface area contributed by atoms with Crippen LogP contribution in [0.15, 0.2) is 22.7 Å². The first-order valence-corrected chi connectivity index (χ1v) is 10.5. The van der Waals surface area contributed by atoms with E-state index in [9.17, 15) is 9.59 Å². The number of ether oxygens (including phenoxy) is 1. The predicted octanol–water partition coefficient (Wildman–Crippen LogP) is 2.97. The van der Waals surface area contributed by atoms with Crippen LogP contribution in [0.5, 0.6) is 0 Å². The van der Waals surface area contributed by atoms with Gasteiger partial charge in [-0.3, -0.25) is 9.59 Å². The second-order valence-corrected chi connectivity index (χ2v) is 7.45. The largest absolute Gasteiger partial charge is 0.455 e. The van der Waals surface area contributed by atoms with Crippen LogP contribution in [-0.4, -0.2) is 45.0 Å². The van der Waals surface area contributed by atoms with Crippen molar-refractivity contribution in [2.24, 2.45) is 0 Å². The number of carbonyl (C=O) groups is 2. The summed E-state index contributed by atoms with van der Waals surface area (Å²) < 4.78 is 7.00. The van der Waals surface area contributed by atoms with Crippen molar-refractivity contribution in [2.45, 2.75) is 51.4 Å². The zero-order valence-corrected chi connectivity index (χ0v) is 16.9. The van der Waals surface area contributed by atoms with E-state index < -0.39 is 5.97 Å². The molecule has 0 aliphatic heterocycles. The summed E-state index contributed by atoms with van der Waals surface area (Å²) >= 11 is 2.85. The first-order valence-electron chi connectivity index (χ1n) is 8.63. The maximum absolute atomic E-state index is 11.9. The van der Waals surface area contributed by atoms with E-state index in [4.69, 9.17) is 4.74 Å². The van der Waals surface area contributed by atoms with Crippen molar-refractivity contribution in [2.75, 3.05) is 12.4 Å². The van der Waals surface area contributed by atoms with Gasteiger partial charge in [0.2, 0.25) is 0 Å². The van der Waals surface area contributed by atoms with Crippen LogP contribution < -0.4 is 5.32 Å². The fraction of sp³-hybridized carbons (Fsp3) is 0.529. The lowest BCUT2D eigenvalue weighted by atomic mass is 10.2. The molecule has 0 unspecified atom stereocenters. The molecule has 2 heterocycles. The molecule has 2 aromatic rings. The Bertz CT molecular complexity index is 712. The van der Waals surface area contributed by atoms with Crippen molar-refractivity contribution in [3.8, 4) is 10.7 Å². The van der Waals surface area contributed by atoms with E-state index in [0.717, 1.165) is 23.5 Å². The number of nitrogens with zero attached hydrogens (tertiary/aromatic N) is 3. The molecule has 0 fully saturated rings. The maximum Gasteiger partial charge on any atom is 0.316 e. The molecule has 0 spiro atoms. The van der Waals surface area contributed by atoms with Gasteiger partial charge in [0.15, 0.2) is 17.6 Å². The van der Waals surface area contributed by atoms with Crippen molar-refractivity contribution in [1.82, 2.24) is 20.1 Å². The second kappa shape index (κ2) is 10.3. The first kappa shape index (κ1) is 20.4. The van der Waals surface area contributed by atoms with E-state index >= 15 is 0 Å². The fourth-order valence-corrected chi connectivity index (χ4v) is 3.86. The summed E-state index contributed by atoms with van der Waals surface area (Å²) in [6, 6.07) is 4.07. The molecule has 0 aromatic carbocycles. The van der Waals surface area contributed by atoms with Crippen LogP contribution in [0, 0.1) is 0 Å². The molecule has 0 saturated carbocycles. The molecule has 9 heteroatoms. The molecule has 0 aliphatic carbocycles. The van der Waals surface area contributed by atoms with Crippen LogP contribution >= 0.6 is 23.1 Å². The Morgan fingerprint density at radius 3 is 2.69 bits per heavy atom. The molecule has 0 bridgehead atoms. The van der Waals surface area contributed by atoms with E-state index in [0.29, 0.717) is 11.7 Å². The molecule has 142 valence electrons. The van der Waals surface area contributed by atoms with Gasteiger partial charge in [-0.15, -0.1) is 21.5 Å². The van der Waals surface area contributed by atoms with Gasteiger partial charge < -0.3 is 14.6 Å². The summed E-state index contributed by atoms with van der Waals surface area (Å²) in [6.45, 7) is 6.47. The number of hydrogen-bond acceptors (Lipinski definition) is 7. The van der Waals surface area contributed by atoms with Crippen LogP contribution in [0.1, 0.15) is 33.6 Å². The minimum Gasteiger partial charge on any atom is -0.455 e. The number of amides is 1. The molecule has 1 amide bonds. The van der Waals surface area contributed by atoms with Gasteiger partial charge in [-0.2, -0.15) is 0 Å². The minimum atomic E-state index is -0.446. The highest BCUT2D eigenvalue weighted by Gasteiger charge is 2.16. The molecule has 0 saturated heterocycles. The number of thioether (sulfide) groups is 1. The van der Waals surface area contributed by atoms with Crippen LogP contribution in [0.4, 0.5) is 0 Å². The number of esters is 1. The van der Waals surface area contributed by atoms with Gasteiger partial charge in [0.05, 0.1) is 10.6 Å². The van der Waals surface area contributed by atoms with Gasteiger partial charge in [0.25, 0.3) is 5.91 Å². The zero-order valence-electron chi connectivity index (χ0n) is 15.2. The summed E-state index contributed by atoms with van der Waals surface area (Å²) in [7, 11) is 0. The van der Waals surface area contributed by atoms with Crippen molar-refractivity contribution in [3.05, 3.63) is 17.5 Å². The average molecular weight is 397 g/mol. The summed E-state index contributed by atoms with van der Waals surface area (Å²) in [5.41, 5.74) is 0. The van der Waals surface area contributed by atoms with Gasteiger partial charge in [-0.1, -0.05) is 31.7 Å². The molecule has 26 heavy (non-hydrogen) atoms. The molecule has 0 aliphatic rings. The third-order valence-corrected chi connectivity index (χ3v) is 5.61. The Labute approximate surface area is 161 Å². The van der Waals surface area contributed by atoms with Gasteiger partial charge in [0, 0.05) is 12.6 Å². The summed E-state index contributed by atoms with van der Waals surface area (Å²) in [5.74, 6) is 0.163. The zero-order chi connectivity index (χ0) is 18.9. The number of rotatable bonds is 10. The van der Waals surface area contributed by atoms with E-state index in [-0.39, 0.29) is 24.3 Å². The lowest BCUT2D eigenvalue weighted by Crippen LogP contribution is -2.37. The average Bonchev–Trinajstić information content (AvgIpc) is 3.31. The van der Waals surface area contributed by atoms with Crippen molar-refractivity contribution >= 4 is 35.0 Å². The van der Waals surface area contributed by atoms with Gasteiger partial charge >= 0.3 is 5.97 Å². The monoisotopic (exact) mass is 396 g/mol. The van der Waals surface area contributed by atoms with Gasteiger partial charge in [-0.05, 0) is 31.2 Å². The van der Waals surface area contributed by atoms with E-state index in [2.05, 4.69) is 15.5 Å². The lowest BCUT2D eigenvalue weighted by molar-refractivity contribution is -0.146. The summed E-state index contributed by atoms with van der Waals surface area (Å²) in [6.07, 6.45) is 1.70. The van der Waals surface area contributed by atoms with Crippen LogP contribution in [0.3, 0.4) is 0 Å². The van der Waals surface area contributed by atoms with Crippen molar-refractivity contribution in [3.63, 3.8) is 0 Å². The Kier molecular flexibility index (Phi) is 8.11. The highest BCUT2D eigenvalue weighted by Crippen LogP contribution is 2.27. The van der Waals surface area contributed by atoms with Crippen molar-refractivity contribution < 1.29 is 14.3 Å². The number of nitrogens with one attached hydrogen (secondary N) is 1. The Balaban J connectivity index is 1.83. The molecule has 0 radical (unpaired) electrons. The molecular formula is C17H24N4O3S2. The molecule has 2 rings (SSSR count). The Morgan fingerprint density at radius 1 is 1.31 bits per heavy atom. The smallest absolute Gasteiger partial charge is 0.316 e. The third-order valence-electron chi connectivity index (χ3n) is 3.81. The molecular weight excluding hydrogens is 372 g/mol. The molecule has 7 nitrogen and oxygen atoms in total. The molecule has 2 aromatic heterocycles. The maximum atomic E-state index is 11.9. The minimum absolute atomic E-state index is 0.0842. The van der Waals surface area contributed by atoms with E-state index in [1.165, 1.54) is 11.8 Å². The standard InChI is InChI=1S/C17H24N4O3S2/c1-4-12(5-2)18-14(22)10-24-15(23)11-26-17-20-19-16(21(17)6-3)13-8-7-9-25-13/h7-9,12H,4-6,10-11H2,1-3H3,(H,18,22). The Hall–Kier alpha value is -1.87. The topological polar surface area (TPSA) is 86.1 Å². The lowest BCUT2D eigenvalue weighted by Gasteiger charge is -2.14. The number of aromatic nitrogens is 3. The molecule has 0 atom stereocenters. The normalized spacial score (nSPS) is 10.9. The van der Waals surface area contributed by atoms with Gasteiger partial charge in [0.1, 0.15) is 0 Å². The van der Waals surface area contributed by atoms with Crippen LogP contribution in [0.25, 0.3) is 10.7 Å². The quantitative estimate of drug-likeness (QED) is 0.491. The fourth-order valence-electron chi connectivity index (χ4n) is 2.34. The van der Waals surface area contributed by atoms with E-state index in [1.807, 2.05) is 42.9 Å². The first-order chi connectivity index (χ1) is 12.6. The predicted molar refractivity (Wildman–Crippen MR) is 103 cm³/mol. The number of carbonyl (C=O) groups excluding carboxylic acids is 2. The van der Waals surface area contributed by atoms with Crippen molar-refractivity contribution in [1.29, 1.82) is 0 Å². The summed E-state index contributed by atoms with van der Waals surface area (Å²) in [5, 5.41) is 13.9. The highest BCUT2D eigenvalue weighted by atomic mass is 32.2. The van der Waals surface area contributed by atoms with E-state index in [1.54, 1.807) is 11.3 Å². The SMILES string of the molecule is CCC(CC)NC(=O)COC(=O)CSc1nnc(-c2cccs2)n1CC. The van der Waals surface area contributed by atoms with Crippen LogP contribution in [0.2, 0.25) is 0 Å². The Morgan fingerprint density at radius 2 is 2.08 bits per heavy atom. The number of hydrogen-bond donors (Lipinski definition) is 1. The number of thiophene rings is 1. The molecule has 1 N–H and O–H groups in total. The summed E-state index contributed by atoms with van der Waals surface area (Å²) in [4.78, 5) is 24.7. The van der Waals surface area contributed by atoms with Crippen LogP contribution in [-0.2, 0) is 20.9 Å².